The lowest BCUT2D eigenvalue weighted by Gasteiger charge is -2.33. The van der Waals surface area contributed by atoms with Gasteiger partial charge < -0.3 is 24.6 Å². The van der Waals surface area contributed by atoms with Crippen molar-refractivity contribution in [3.63, 3.8) is 0 Å². The Morgan fingerprint density at radius 3 is 2.40 bits per heavy atom. The zero-order valence-corrected chi connectivity index (χ0v) is 21.4. The van der Waals surface area contributed by atoms with Crippen LogP contribution in [0.25, 0.3) is 0 Å². The third kappa shape index (κ3) is 9.27. The number of nitrogens with one attached hydrogen (secondary N) is 1. The van der Waals surface area contributed by atoms with Crippen LogP contribution in [0.1, 0.15) is 59.8 Å². The summed E-state index contributed by atoms with van der Waals surface area (Å²) >= 11 is 0. The van der Waals surface area contributed by atoms with Crippen molar-refractivity contribution in [2.45, 2.75) is 71.4 Å². The van der Waals surface area contributed by atoms with Crippen molar-refractivity contribution in [2.75, 3.05) is 32.8 Å². The van der Waals surface area contributed by atoms with E-state index < -0.39 is 23.5 Å². The number of esters is 1. The van der Waals surface area contributed by atoms with Crippen molar-refractivity contribution in [3.05, 3.63) is 12.2 Å². The molecule has 0 aliphatic carbocycles. The smallest absolute Gasteiger partial charge is 0.410 e. The van der Waals surface area contributed by atoms with Crippen molar-refractivity contribution in [3.8, 4) is 12.3 Å². The van der Waals surface area contributed by atoms with E-state index in [1.807, 2.05) is 26.8 Å². The molecular weight excluding hydrogens is 450 g/mol. The lowest BCUT2D eigenvalue weighted by atomic mass is 9.95. The number of hydrogen-bond donors (Lipinski definition) is 1. The summed E-state index contributed by atoms with van der Waals surface area (Å²) in [5.74, 6) is 1.20. The first-order valence-electron chi connectivity index (χ1n) is 12.4. The van der Waals surface area contributed by atoms with Crippen molar-refractivity contribution in [2.24, 2.45) is 11.8 Å². The summed E-state index contributed by atoms with van der Waals surface area (Å²) < 4.78 is 10.4. The van der Waals surface area contributed by atoms with E-state index in [-0.39, 0.29) is 43.4 Å². The molecule has 9 heteroatoms. The number of allylic oxidation sites excluding steroid dienone is 1. The summed E-state index contributed by atoms with van der Waals surface area (Å²) in [4.78, 5) is 53.2. The van der Waals surface area contributed by atoms with E-state index >= 15 is 0 Å². The standard InChI is InChI=1S/C26H39N3O6/c1-6-9-21(24(32)34-7-2)27-23(31)20-10-8-15-29(18-20)22(30)12-11-19-13-16-28(17-14-19)25(33)35-26(3,4)5/h1,11-12,19-21H,7-10,13-18H2,2-5H3,(H,27,31)/b12-11+/t20-,21+/m1/s1. The molecule has 2 atom stereocenters. The quantitative estimate of drug-likeness (QED) is 0.335. The Kier molecular flexibility index (Phi) is 10.6. The molecule has 0 spiro atoms. The second-order valence-electron chi connectivity index (χ2n) is 10.0. The molecule has 0 aromatic heterocycles. The fourth-order valence-corrected chi connectivity index (χ4v) is 4.16. The minimum atomic E-state index is -0.884. The minimum Gasteiger partial charge on any atom is -0.464 e. The summed E-state index contributed by atoms with van der Waals surface area (Å²) in [6.07, 6.45) is 11.4. The number of piperidine rings is 2. The van der Waals surface area contributed by atoms with Crippen LogP contribution in [0, 0.1) is 24.2 Å². The number of likely N-dealkylation sites (tertiary alicyclic amines) is 2. The van der Waals surface area contributed by atoms with Gasteiger partial charge >= 0.3 is 12.1 Å². The van der Waals surface area contributed by atoms with Crippen molar-refractivity contribution >= 4 is 23.9 Å². The van der Waals surface area contributed by atoms with Gasteiger partial charge in [0.05, 0.1) is 12.5 Å². The summed E-state index contributed by atoms with van der Waals surface area (Å²) in [7, 11) is 0. The van der Waals surface area contributed by atoms with Gasteiger partial charge in [0.15, 0.2) is 0 Å². The first-order valence-corrected chi connectivity index (χ1v) is 12.4. The predicted octanol–water partition coefficient (Wildman–Crippen LogP) is 2.50. The summed E-state index contributed by atoms with van der Waals surface area (Å²) in [6.45, 7) is 9.47. The minimum absolute atomic E-state index is 0.0510. The van der Waals surface area contributed by atoms with Crippen LogP contribution in [-0.4, -0.2) is 78.1 Å². The van der Waals surface area contributed by atoms with Crippen molar-refractivity contribution < 1.29 is 28.7 Å². The molecule has 2 aliphatic rings. The number of amides is 3. The lowest BCUT2D eigenvalue weighted by molar-refractivity contribution is -0.148. The van der Waals surface area contributed by atoms with Crippen LogP contribution < -0.4 is 5.32 Å². The van der Waals surface area contributed by atoms with Gasteiger partial charge in [-0.15, -0.1) is 12.3 Å². The van der Waals surface area contributed by atoms with Gasteiger partial charge in [0.2, 0.25) is 11.8 Å². The molecule has 2 saturated heterocycles. The third-order valence-electron chi connectivity index (χ3n) is 6.02. The Morgan fingerprint density at radius 1 is 1.11 bits per heavy atom. The number of hydrogen-bond acceptors (Lipinski definition) is 6. The maximum atomic E-state index is 12.8. The number of ether oxygens (including phenoxy) is 2. The molecule has 0 radical (unpaired) electrons. The number of carbonyl (C=O) groups is 4. The van der Waals surface area contributed by atoms with E-state index in [9.17, 15) is 19.2 Å². The van der Waals surface area contributed by atoms with Gasteiger partial charge in [-0.2, -0.15) is 0 Å². The summed E-state index contributed by atoms with van der Waals surface area (Å²) in [5.41, 5.74) is -0.523. The molecule has 9 nitrogen and oxygen atoms in total. The van der Waals surface area contributed by atoms with Crippen molar-refractivity contribution in [1.29, 1.82) is 0 Å². The fourth-order valence-electron chi connectivity index (χ4n) is 4.16. The highest BCUT2D eigenvalue weighted by atomic mass is 16.6. The molecule has 3 amide bonds. The Labute approximate surface area is 208 Å². The van der Waals surface area contributed by atoms with E-state index in [1.54, 1.807) is 22.8 Å². The highest BCUT2D eigenvalue weighted by Crippen LogP contribution is 2.22. The van der Waals surface area contributed by atoms with Gasteiger partial charge in [-0.05, 0) is 65.4 Å². The molecule has 0 unspecified atom stereocenters. The topological polar surface area (TPSA) is 105 Å². The molecule has 0 aromatic rings. The second kappa shape index (κ2) is 13.2. The maximum absolute atomic E-state index is 12.8. The SMILES string of the molecule is C#CC[C@H](NC(=O)[C@@H]1CCCN(C(=O)/C=C/C2CCN(C(=O)OC(C)(C)C)CC2)C1)C(=O)OCC. The van der Waals surface area contributed by atoms with Gasteiger partial charge in [-0.25, -0.2) is 9.59 Å². The van der Waals surface area contributed by atoms with E-state index in [2.05, 4.69) is 11.2 Å². The first kappa shape index (κ1) is 28.2. The van der Waals surface area contributed by atoms with E-state index in [1.165, 1.54) is 0 Å². The van der Waals surface area contributed by atoms with Gasteiger partial charge in [-0.3, -0.25) is 9.59 Å². The second-order valence-corrected chi connectivity index (χ2v) is 10.0. The number of carbonyl (C=O) groups excluding carboxylic acids is 4. The van der Waals surface area contributed by atoms with Gasteiger partial charge in [-0.1, -0.05) is 6.08 Å². The zero-order chi connectivity index (χ0) is 26.0. The van der Waals surface area contributed by atoms with E-state index in [0.717, 1.165) is 12.8 Å². The summed E-state index contributed by atoms with van der Waals surface area (Å²) in [5, 5.41) is 2.69. The Bertz CT molecular complexity index is 833. The van der Waals surface area contributed by atoms with Crippen LogP contribution in [0.4, 0.5) is 4.79 Å². The molecule has 35 heavy (non-hydrogen) atoms. The Hall–Kier alpha value is -3.02. The Balaban J connectivity index is 1.84. The molecular formula is C26H39N3O6. The van der Waals surface area contributed by atoms with Crippen LogP contribution >= 0.6 is 0 Å². The van der Waals surface area contributed by atoms with Crippen molar-refractivity contribution in [1.82, 2.24) is 15.1 Å². The molecule has 2 aliphatic heterocycles. The largest absolute Gasteiger partial charge is 0.464 e. The third-order valence-corrected chi connectivity index (χ3v) is 6.02. The summed E-state index contributed by atoms with van der Waals surface area (Å²) in [6, 6.07) is -0.884. The Morgan fingerprint density at radius 2 is 1.80 bits per heavy atom. The monoisotopic (exact) mass is 489 g/mol. The molecule has 2 heterocycles. The van der Waals surface area contributed by atoms with Gasteiger partial charge in [0.1, 0.15) is 11.6 Å². The van der Waals surface area contributed by atoms with Crippen LogP contribution in [0.3, 0.4) is 0 Å². The van der Waals surface area contributed by atoms with Gasteiger partial charge in [0, 0.05) is 32.6 Å². The van der Waals surface area contributed by atoms with Crippen LogP contribution in [0.15, 0.2) is 12.2 Å². The number of terminal acetylenes is 1. The molecule has 0 bridgehead atoms. The highest BCUT2D eigenvalue weighted by molar-refractivity contribution is 5.89. The molecule has 0 saturated carbocycles. The number of rotatable bonds is 7. The van der Waals surface area contributed by atoms with Crippen LogP contribution in [-0.2, 0) is 23.9 Å². The van der Waals surface area contributed by atoms with E-state index in [0.29, 0.717) is 32.5 Å². The predicted molar refractivity (Wildman–Crippen MR) is 131 cm³/mol. The fraction of sp³-hybridized carbons (Fsp3) is 0.692. The maximum Gasteiger partial charge on any atom is 0.410 e. The van der Waals surface area contributed by atoms with Crippen LogP contribution in [0.2, 0.25) is 0 Å². The zero-order valence-electron chi connectivity index (χ0n) is 21.4. The van der Waals surface area contributed by atoms with Crippen LogP contribution in [0.5, 0.6) is 0 Å². The molecule has 0 aromatic carbocycles. The molecule has 2 fully saturated rings. The molecule has 194 valence electrons. The average molecular weight is 490 g/mol. The first-order chi connectivity index (χ1) is 16.5. The molecule has 1 N–H and O–H groups in total. The van der Waals surface area contributed by atoms with Gasteiger partial charge in [0.25, 0.3) is 0 Å². The van der Waals surface area contributed by atoms with E-state index in [4.69, 9.17) is 15.9 Å². The lowest BCUT2D eigenvalue weighted by Crippen LogP contribution is -2.49. The average Bonchev–Trinajstić information content (AvgIpc) is 2.81. The number of nitrogens with zero attached hydrogens (tertiary/aromatic N) is 2. The molecule has 2 rings (SSSR count). The normalized spacial score (nSPS) is 20.1. The highest BCUT2D eigenvalue weighted by Gasteiger charge is 2.31.